The normalized spacial score (nSPS) is 29.6. The molecule has 0 aromatic rings. The van der Waals surface area contributed by atoms with Crippen LogP contribution in [-0.4, -0.2) is 51.5 Å². The van der Waals surface area contributed by atoms with Crippen LogP contribution in [0.5, 0.6) is 0 Å². The molecule has 0 saturated carbocycles. The van der Waals surface area contributed by atoms with Gasteiger partial charge >= 0.3 is 5.97 Å². The molecule has 1 aliphatic heterocycles. The third kappa shape index (κ3) is 3.20. The summed E-state index contributed by atoms with van der Waals surface area (Å²) in [6.07, 6.45) is 0.831. The van der Waals surface area contributed by atoms with Gasteiger partial charge in [0.2, 0.25) is 0 Å². The minimum atomic E-state index is -1.79. The summed E-state index contributed by atoms with van der Waals surface area (Å²) in [6, 6.07) is 0. The van der Waals surface area contributed by atoms with Crippen LogP contribution in [0, 0.1) is 0 Å². The van der Waals surface area contributed by atoms with Crippen molar-refractivity contribution >= 4 is 14.3 Å². The van der Waals surface area contributed by atoms with E-state index in [0.29, 0.717) is 6.42 Å². The zero-order valence-corrected chi connectivity index (χ0v) is 14.7. The Bertz CT molecular complexity index is 351. The molecule has 0 amide bonds. The van der Waals surface area contributed by atoms with Crippen molar-refractivity contribution in [2.24, 2.45) is 0 Å². The molecule has 0 radical (unpaired) electrons. The highest BCUT2D eigenvalue weighted by Crippen LogP contribution is 2.40. The molecule has 0 bridgehead atoms. The van der Waals surface area contributed by atoms with Crippen molar-refractivity contribution < 1.29 is 14.0 Å². The highest BCUT2D eigenvalue weighted by atomic mass is 28.4. The van der Waals surface area contributed by atoms with Gasteiger partial charge in [0.05, 0.1) is 13.2 Å². The van der Waals surface area contributed by atoms with Crippen LogP contribution < -0.4 is 0 Å². The van der Waals surface area contributed by atoms with Crippen molar-refractivity contribution in [3.05, 3.63) is 0 Å². The summed E-state index contributed by atoms with van der Waals surface area (Å²) in [7, 11) is 1.63. The molecule has 1 unspecified atom stereocenters. The van der Waals surface area contributed by atoms with Gasteiger partial charge in [0.25, 0.3) is 0 Å². The molecule has 19 heavy (non-hydrogen) atoms. The van der Waals surface area contributed by atoms with Gasteiger partial charge in [0.15, 0.2) is 8.32 Å². The number of esters is 1. The average molecular weight is 287 g/mol. The molecule has 1 saturated heterocycles. The highest BCUT2D eigenvalue weighted by Gasteiger charge is 2.49. The van der Waals surface area contributed by atoms with E-state index in [0.717, 1.165) is 6.54 Å². The van der Waals surface area contributed by atoms with Crippen LogP contribution in [0.1, 0.15) is 34.1 Å². The number of methoxy groups -OCH3 is 1. The second-order valence-electron chi connectivity index (χ2n) is 7.35. The van der Waals surface area contributed by atoms with Crippen molar-refractivity contribution in [1.82, 2.24) is 4.90 Å². The first-order chi connectivity index (χ1) is 8.44. The number of hydrogen-bond acceptors (Lipinski definition) is 4. The average Bonchev–Trinajstić information content (AvgIpc) is 2.51. The summed E-state index contributed by atoms with van der Waals surface area (Å²) in [4.78, 5) is 14.0. The Kier molecular flexibility index (Phi) is 4.55. The van der Waals surface area contributed by atoms with E-state index in [1.807, 2.05) is 14.0 Å². The molecule has 2 atom stereocenters. The van der Waals surface area contributed by atoms with Crippen LogP contribution >= 0.6 is 0 Å². The van der Waals surface area contributed by atoms with Gasteiger partial charge in [-0.25, -0.2) is 0 Å². The molecule has 0 aliphatic carbocycles. The topological polar surface area (TPSA) is 38.8 Å². The summed E-state index contributed by atoms with van der Waals surface area (Å²) >= 11 is 0. The summed E-state index contributed by atoms with van der Waals surface area (Å²) in [5.74, 6) is -0.170. The van der Waals surface area contributed by atoms with E-state index in [-0.39, 0.29) is 17.1 Å². The maximum absolute atomic E-state index is 11.9. The van der Waals surface area contributed by atoms with E-state index in [1.165, 1.54) is 7.11 Å². The maximum atomic E-state index is 11.9. The van der Waals surface area contributed by atoms with Crippen molar-refractivity contribution in [2.45, 2.75) is 63.9 Å². The first-order valence-corrected chi connectivity index (χ1v) is 9.82. The largest absolute Gasteiger partial charge is 0.468 e. The molecule has 112 valence electrons. The summed E-state index contributed by atoms with van der Waals surface area (Å²) in [5.41, 5.74) is -0.554. The first-order valence-electron chi connectivity index (χ1n) is 6.91. The molecule has 0 N–H and O–H groups in total. The number of ether oxygens (including phenoxy) is 1. The third-order valence-corrected chi connectivity index (χ3v) is 9.37. The van der Waals surface area contributed by atoms with Gasteiger partial charge in [-0.2, -0.15) is 0 Å². The Labute approximate surface area is 118 Å². The SMILES string of the molecule is COC(=O)C1(C)C[C@@H](O[Si](C)(C)C(C)(C)C)CN1C. The van der Waals surface area contributed by atoms with Crippen LogP contribution in [0.2, 0.25) is 18.1 Å². The van der Waals surface area contributed by atoms with E-state index < -0.39 is 13.9 Å². The predicted molar refractivity (Wildman–Crippen MR) is 79.7 cm³/mol. The molecule has 1 aliphatic rings. The standard InChI is InChI=1S/C14H29NO3Si/c1-13(2,3)19(7,8)18-11-9-14(4,12(16)17-6)15(5)10-11/h11H,9-10H2,1-8H3/t11-,14?/m1/s1. The maximum Gasteiger partial charge on any atom is 0.326 e. The first kappa shape index (κ1) is 16.7. The number of rotatable bonds is 3. The number of likely N-dealkylation sites (tertiary alicyclic amines) is 1. The molecule has 5 heteroatoms. The van der Waals surface area contributed by atoms with Gasteiger partial charge in [-0.05, 0) is 32.1 Å². The number of carbonyl (C=O) groups excluding carboxylic acids is 1. The highest BCUT2D eigenvalue weighted by molar-refractivity contribution is 6.74. The quantitative estimate of drug-likeness (QED) is 0.591. The lowest BCUT2D eigenvalue weighted by Gasteiger charge is -2.38. The zero-order valence-electron chi connectivity index (χ0n) is 13.7. The minimum absolute atomic E-state index is 0.120. The molecule has 1 fully saturated rings. The van der Waals surface area contributed by atoms with Crippen LogP contribution in [0.3, 0.4) is 0 Å². The number of nitrogens with zero attached hydrogens (tertiary/aromatic N) is 1. The van der Waals surface area contributed by atoms with Gasteiger partial charge < -0.3 is 9.16 Å². The Balaban J connectivity index is 2.79. The number of likely N-dealkylation sites (N-methyl/N-ethyl adjacent to an activating group) is 1. The molecule has 0 aromatic heterocycles. The van der Waals surface area contributed by atoms with Gasteiger partial charge in [0.1, 0.15) is 5.54 Å². The number of hydrogen-bond donors (Lipinski definition) is 0. The second kappa shape index (κ2) is 5.18. The van der Waals surface area contributed by atoms with Crippen molar-refractivity contribution in [1.29, 1.82) is 0 Å². The van der Waals surface area contributed by atoms with E-state index in [2.05, 4.69) is 38.8 Å². The predicted octanol–water partition coefficient (Wildman–Crippen LogP) is 2.64. The van der Waals surface area contributed by atoms with Gasteiger partial charge in [-0.1, -0.05) is 20.8 Å². The van der Waals surface area contributed by atoms with Gasteiger partial charge in [-0.3, -0.25) is 9.69 Å². The lowest BCUT2D eigenvalue weighted by Crippen LogP contribution is -2.46. The number of carbonyl (C=O) groups is 1. The third-order valence-electron chi connectivity index (χ3n) is 4.84. The Morgan fingerprint density at radius 3 is 2.32 bits per heavy atom. The summed E-state index contributed by atoms with van der Waals surface area (Å²) in [5, 5.41) is 0.190. The molecule has 1 heterocycles. The molecule has 1 rings (SSSR count). The smallest absolute Gasteiger partial charge is 0.326 e. The Morgan fingerprint density at radius 2 is 1.89 bits per heavy atom. The monoisotopic (exact) mass is 287 g/mol. The fraction of sp³-hybridized carbons (Fsp3) is 0.929. The lowest BCUT2D eigenvalue weighted by atomic mass is 9.99. The van der Waals surface area contributed by atoms with Crippen LogP contribution in [-0.2, 0) is 14.0 Å². The Morgan fingerprint density at radius 1 is 1.37 bits per heavy atom. The van der Waals surface area contributed by atoms with Crippen molar-refractivity contribution in [3.8, 4) is 0 Å². The summed E-state index contributed by atoms with van der Waals surface area (Å²) in [6.45, 7) is 13.9. The fourth-order valence-electron chi connectivity index (χ4n) is 2.30. The van der Waals surface area contributed by atoms with E-state index in [9.17, 15) is 4.79 Å². The molecular weight excluding hydrogens is 258 g/mol. The van der Waals surface area contributed by atoms with Crippen LogP contribution in [0.15, 0.2) is 0 Å². The summed E-state index contributed by atoms with van der Waals surface area (Å²) < 4.78 is 11.3. The molecule has 0 spiro atoms. The molecular formula is C14H29NO3Si. The Hall–Kier alpha value is -0.393. The van der Waals surface area contributed by atoms with E-state index in [4.69, 9.17) is 9.16 Å². The fourth-order valence-corrected chi connectivity index (χ4v) is 3.65. The molecule has 0 aromatic carbocycles. The van der Waals surface area contributed by atoms with Gasteiger partial charge in [0, 0.05) is 13.0 Å². The van der Waals surface area contributed by atoms with Crippen molar-refractivity contribution in [2.75, 3.05) is 20.7 Å². The van der Waals surface area contributed by atoms with Crippen molar-refractivity contribution in [3.63, 3.8) is 0 Å². The zero-order chi connectivity index (χ0) is 15.1. The molecule has 4 nitrogen and oxygen atoms in total. The minimum Gasteiger partial charge on any atom is -0.468 e. The van der Waals surface area contributed by atoms with E-state index >= 15 is 0 Å². The van der Waals surface area contributed by atoms with Gasteiger partial charge in [-0.15, -0.1) is 0 Å². The lowest BCUT2D eigenvalue weighted by molar-refractivity contribution is -0.151. The van der Waals surface area contributed by atoms with Crippen LogP contribution in [0.25, 0.3) is 0 Å². The second-order valence-corrected chi connectivity index (χ2v) is 12.1. The van der Waals surface area contributed by atoms with Crippen LogP contribution in [0.4, 0.5) is 0 Å². The van der Waals surface area contributed by atoms with E-state index in [1.54, 1.807) is 0 Å².